The molecule has 0 aliphatic carbocycles. The van der Waals surface area contributed by atoms with Crippen molar-refractivity contribution in [1.82, 2.24) is 14.7 Å². The molecule has 7 heteroatoms. The predicted molar refractivity (Wildman–Crippen MR) is 87.1 cm³/mol. The normalized spacial score (nSPS) is 10.7. The number of nitrogens with two attached hydrogens (primary N) is 1. The first-order valence-electron chi connectivity index (χ1n) is 7.49. The third-order valence-electron chi connectivity index (χ3n) is 3.53. The van der Waals surface area contributed by atoms with Crippen LogP contribution in [-0.2, 0) is 11.3 Å². The van der Waals surface area contributed by atoms with E-state index >= 15 is 0 Å². The number of rotatable bonds is 6. The summed E-state index contributed by atoms with van der Waals surface area (Å²) < 4.78 is 1.32. The van der Waals surface area contributed by atoms with E-state index in [2.05, 4.69) is 5.10 Å². The number of aryl methyl sites for hydroxylation is 1. The zero-order valence-corrected chi connectivity index (χ0v) is 13.3. The summed E-state index contributed by atoms with van der Waals surface area (Å²) in [7, 11) is 1.48. The molecule has 0 saturated heterocycles. The quantitative estimate of drug-likeness (QED) is 0.850. The molecule has 0 atom stereocenters. The lowest BCUT2D eigenvalue weighted by Gasteiger charge is -2.16. The van der Waals surface area contributed by atoms with Crippen LogP contribution in [0, 0.1) is 0 Å². The zero-order valence-electron chi connectivity index (χ0n) is 13.3. The summed E-state index contributed by atoms with van der Waals surface area (Å²) in [5, 5.41) is 5.14. The number of carbonyl (C=O) groups is 2. The van der Waals surface area contributed by atoms with Crippen LogP contribution in [0.25, 0.3) is 10.8 Å². The maximum atomic E-state index is 12.6. The van der Waals surface area contributed by atoms with Crippen molar-refractivity contribution >= 4 is 22.6 Å². The van der Waals surface area contributed by atoms with Gasteiger partial charge < -0.3 is 10.6 Å². The Morgan fingerprint density at radius 2 is 1.91 bits per heavy atom. The molecule has 2 amide bonds. The number of primary amides is 1. The van der Waals surface area contributed by atoms with Crippen molar-refractivity contribution < 1.29 is 9.59 Å². The van der Waals surface area contributed by atoms with Gasteiger partial charge in [-0.3, -0.25) is 14.4 Å². The average Bonchev–Trinajstić information content (AvgIpc) is 2.53. The maximum absolute atomic E-state index is 12.6. The van der Waals surface area contributed by atoms with Crippen molar-refractivity contribution in [3.8, 4) is 0 Å². The van der Waals surface area contributed by atoms with Gasteiger partial charge >= 0.3 is 0 Å². The fourth-order valence-electron chi connectivity index (χ4n) is 2.34. The lowest BCUT2D eigenvalue weighted by atomic mass is 10.1. The Bertz CT molecular complexity index is 798. The largest absolute Gasteiger partial charge is 0.368 e. The van der Waals surface area contributed by atoms with Crippen molar-refractivity contribution in [2.24, 2.45) is 5.73 Å². The number of nitrogens with zero attached hydrogens (tertiary/aromatic N) is 3. The van der Waals surface area contributed by atoms with E-state index in [9.17, 15) is 14.4 Å². The summed E-state index contributed by atoms with van der Waals surface area (Å²) in [4.78, 5) is 37.3. The van der Waals surface area contributed by atoms with Crippen molar-refractivity contribution in [3.63, 3.8) is 0 Å². The highest BCUT2D eigenvalue weighted by Gasteiger charge is 2.20. The number of unbranched alkanes of at least 4 members (excludes halogenated alkanes) is 1. The van der Waals surface area contributed by atoms with Crippen LogP contribution in [0.1, 0.15) is 30.3 Å². The second-order valence-electron chi connectivity index (χ2n) is 5.40. The fraction of sp³-hybridized carbons (Fsp3) is 0.375. The van der Waals surface area contributed by atoms with Gasteiger partial charge in [0.25, 0.3) is 11.5 Å². The second-order valence-corrected chi connectivity index (χ2v) is 5.40. The summed E-state index contributed by atoms with van der Waals surface area (Å²) in [6, 6.07) is 6.84. The van der Waals surface area contributed by atoms with Crippen LogP contribution in [0.15, 0.2) is 29.1 Å². The molecular weight excluding hydrogens is 296 g/mol. The van der Waals surface area contributed by atoms with Crippen molar-refractivity contribution in [2.75, 3.05) is 13.6 Å². The molecule has 2 N–H and O–H groups in total. The van der Waals surface area contributed by atoms with Crippen LogP contribution in [0.3, 0.4) is 0 Å². The van der Waals surface area contributed by atoms with Crippen LogP contribution in [0.2, 0.25) is 0 Å². The maximum Gasteiger partial charge on any atom is 0.275 e. The highest BCUT2D eigenvalue weighted by atomic mass is 16.2. The van der Waals surface area contributed by atoms with E-state index in [1.807, 2.05) is 6.92 Å². The number of fused-ring (bicyclic) bond motifs is 1. The fourth-order valence-corrected chi connectivity index (χ4v) is 2.34. The molecule has 0 bridgehead atoms. The van der Waals surface area contributed by atoms with Crippen LogP contribution in [0.5, 0.6) is 0 Å². The Labute approximate surface area is 133 Å². The SMILES string of the molecule is CCCCn1nc(C(=O)N(C)CC(N)=O)c2ccccc2c1=O. The smallest absolute Gasteiger partial charge is 0.275 e. The van der Waals surface area contributed by atoms with E-state index in [1.54, 1.807) is 24.3 Å². The molecule has 1 aromatic carbocycles. The molecule has 2 aromatic rings. The first kappa shape index (κ1) is 16.7. The highest BCUT2D eigenvalue weighted by Crippen LogP contribution is 2.15. The Balaban J connectivity index is 2.57. The van der Waals surface area contributed by atoms with Gasteiger partial charge in [-0.05, 0) is 12.5 Å². The van der Waals surface area contributed by atoms with Crippen molar-refractivity contribution in [2.45, 2.75) is 26.3 Å². The van der Waals surface area contributed by atoms with Gasteiger partial charge in [-0.25, -0.2) is 4.68 Å². The Hall–Kier alpha value is -2.70. The zero-order chi connectivity index (χ0) is 17.0. The third-order valence-corrected chi connectivity index (χ3v) is 3.53. The standard InChI is InChI=1S/C16H20N4O3/c1-3-4-9-20-15(22)12-8-6-5-7-11(12)14(18-20)16(23)19(2)10-13(17)21/h5-8H,3-4,9-10H2,1-2H3,(H2,17,21). The summed E-state index contributed by atoms with van der Waals surface area (Å²) in [5.74, 6) is -1.05. The topological polar surface area (TPSA) is 98.3 Å². The average molecular weight is 316 g/mol. The number of aromatic nitrogens is 2. The lowest BCUT2D eigenvalue weighted by molar-refractivity contribution is -0.118. The number of hydrogen-bond acceptors (Lipinski definition) is 4. The molecule has 0 unspecified atom stereocenters. The summed E-state index contributed by atoms with van der Waals surface area (Å²) in [6.45, 7) is 2.25. The number of carbonyl (C=O) groups excluding carboxylic acids is 2. The van der Waals surface area contributed by atoms with E-state index < -0.39 is 11.8 Å². The highest BCUT2D eigenvalue weighted by molar-refractivity contribution is 6.05. The van der Waals surface area contributed by atoms with Gasteiger partial charge in [-0.2, -0.15) is 5.10 Å². The van der Waals surface area contributed by atoms with Gasteiger partial charge in [-0.15, -0.1) is 0 Å². The molecule has 0 fully saturated rings. The minimum atomic E-state index is -0.607. The molecule has 23 heavy (non-hydrogen) atoms. The van der Waals surface area contributed by atoms with Crippen LogP contribution < -0.4 is 11.3 Å². The number of hydrogen-bond donors (Lipinski definition) is 1. The number of amides is 2. The molecule has 1 heterocycles. The van der Waals surface area contributed by atoms with Gasteiger partial charge in [-0.1, -0.05) is 31.5 Å². The van der Waals surface area contributed by atoms with E-state index in [4.69, 9.17) is 5.73 Å². The summed E-state index contributed by atoms with van der Waals surface area (Å²) in [5.41, 5.74) is 5.07. The van der Waals surface area contributed by atoms with Gasteiger partial charge in [0, 0.05) is 19.0 Å². The van der Waals surface area contributed by atoms with Crippen molar-refractivity contribution in [3.05, 3.63) is 40.3 Å². The van der Waals surface area contributed by atoms with Gasteiger partial charge in [0.05, 0.1) is 11.9 Å². The van der Waals surface area contributed by atoms with E-state index in [-0.39, 0.29) is 17.8 Å². The van der Waals surface area contributed by atoms with Gasteiger partial charge in [0.15, 0.2) is 5.69 Å². The first-order valence-corrected chi connectivity index (χ1v) is 7.49. The number of likely N-dealkylation sites (N-methyl/N-ethyl adjacent to an activating group) is 1. The molecular formula is C16H20N4O3. The minimum absolute atomic E-state index is 0.153. The third kappa shape index (κ3) is 3.56. The molecule has 0 aliphatic heterocycles. The molecule has 122 valence electrons. The predicted octanol–water partition coefficient (Wildman–Crippen LogP) is 0.754. The molecule has 7 nitrogen and oxygen atoms in total. The van der Waals surface area contributed by atoms with Crippen LogP contribution in [0.4, 0.5) is 0 Å². The molecule has 0 saturated carbocycles. The van der Waals surface area contributed by atoms with Crippen LogP contribution in [-0.4, -0.2) is 40.1 Å². The monoisotopic (exact) mass is 316 g/mol. The molecule has 0 radical (unpaired) electrons. The Morgan fingerprint density at radius 3 is 2.52 bits per heavy atom. The minimum Gasteiger partial charge on any atom is -0.368 e. The Morgan fingerprint density at radius 1 is 1.26 bits per heavy atom. The first-order chi connectivity index (χ1) is 11.0. The summed E-state index contributed by atoms with van der Waals surface area (Å²) in [6.07, 6.45) is 1.70. The van der Waals surface area contributed by atoms with Crippen LogP contribution >= 0.6 is 0 Å². The molecule has 0 aliphatic rings. The lowest BCUT2D eigenvalue weighted by Crippen LogP contribution is -2.37. The second kappa shape index (κ2) is 7.04. The van der Waals surface area contributed by atoms with E-state index in [0.29, 0.717) is 17.3 Å². The van der Waals surface area contributed by atoms with Gasteiger partial charge in [0.2, 0.25) is 5.91 Å². The van der Waals surface area contributed by atoms with E-state index in [0.717, 1.165) is 12.8 Å². The number of benzene rings is 1. The van der Waals surface area contributed by atoms with E-state index in [1.165, 1.54) is 16.6 Å². The van der Waals surface area contributed by atoms with Crippen molar-refractivity contribution in [1.29, 1.82) is 0 Å². The Kier molecular flexibility index (Phi) is 5.10. The summed E-state index contributed by atoms with van der Waals surface area (Å²) >= 11 is 0. The molecule has 0 spiro atoms. The van der Waals surface area contributed by atoms with Gasteiger partial charge in [0.1, 0.15) is 0 Å². The molecule has 1 aromatic heterocycles. The molecule has 2 rings (SSSR count).